The van der Waals surface area contributed by atoms with Crippen molar-refractivity contribution in [2.24, 2.45) is 11.3 Å². The molecular formula is C24H32N2O2S. The summed E-state index contributed by atoms with van der Waals surface area (Å²) in [4.78, 5) is 29.1. The summed E-state index contributed by atoms with van der Waals surface area (Å²) in [5, 5.41) is 5.20. The van der Waals surface area contributed by atoms with Crippen LogP contribution in [0.5, 0.6) is 0 Å². The molecule has 1 fully saturated rings. The molecule has 5 heteroatoms. The zero-order chi connectivity index (χ0) is 21.0. The van der Waals surface area contributed by atoms with Crippen LogP contribution in [-0.2, 0) is 16.0 Å². The fourth-order valence-corrected chi connectivity index (χ4v) is 4.89. The summed E-state index contributed by atoms with van der Waals surface area (Å²) < 4.78 is 0. The van der Waals surface area contributed by atoms with Gasteiger partial charge in [-0.3, -0.25) is 9.59 Å². The van der Waals surface area contributed by atoms with E-state index < -0.39 is 5.41 Å². The minimum Gasteiger partial charge on any atom is -0.353 e. The second-order valence-electron chi connectivity index (χ2n) is 8.88. The first-order chi connectivity index (χ1) is 13.8. The van der Waals surface area contributed by atoms with E-state index in [4.69, 9.17) is 0 Å². The predicted octanol–water partition coefficient (Wildman–Crippen LogP) is 4.75. The number of hydrogen-bond acceptors (Lipinski definition) is 3. The average Bonchev–Trinajstić information content (AvgIpc) is 3.32. The van der Waals surface area contributed by atoms with Crippen molar-refractivity contribution in [3.05, 3.63) is 47.3 Å². The smallest absolute Gasteiger partial charge is 0.228 e. The van der Waals surface area contributed by atoms with Crippen LogP contribution in [0.2, 0.25) is 0 Å². The van der Waals surface area contributed by atoms with Crippen molar-refractivity contribution in [3.8, 4) is 10.4 Å². The quantitative estimate of drug-likeness (QED) is 0.714. The first-order valence-corrected chi connectivity index (χ1v) is 11.4. The minimum atomic E-state index is -0.579. The number of rotatable bonds is 7. The van der Waals surface area contributed by atoms with Crippen molar-refractivity contribution in [2.45, 2.75) is 53.0 Å². The van der Waals surface area contributed by atoms with E-state index in [9.17, 15) is 9.59 Å². The minimum absolute atomic E-state index is 0.0633. The van der Waals surface area contributed by atoms with Gasteiger partial charge in [0.15, 0.2) is 0 Å². The van der Waals surface area contributed by atoms with Crippen LogP contribution in [-0.4, -0.2) is 35.8 Å². The lowest BCUT2D eigenvalue weighted by atomic mass is 9.78. The Kier molecular flexibility index (Phi) is 6.78. The average molecular weight is 413 g/mol. The highest BCUT2D eigenvalue weighted by molar-refractivity contribution is 7.13. The van der Waals surface area contributed by atoms with E-state index in [-0.39, 0.29) is 17.9 Å². The molecule has 0 bridgehead atoms. The van der Waals surface area contributed by atoms with E-state index in [1.165, 1.54) is 16.0 Å². The normalized spacial score (nSPS) is 19.2. The molecule has 2 heterocycles. The molecular weight excluding hydrogens is 380 g/mol. The zero-order valence-corrected chi connectivity index (χ0v) is 18.7. The molecule has 1 aliphatic heterocycles. The van der Waals surface area contributed by atoms with Crippen LogP contribution in [0.4, 0.5) is 0 Å². The van der Waals surface area contributed by atoms with Crippen molar-refractivity contribution in [3.63, 3.8) is 0 Å². The molecule has 0 saturated carbocycles. The first-order valence-electron chi connectivity index (χ1n) is 10.5. The van der Waals surface area contributed by atoms with Crippen LogP contribution in [0.15, 0.2) is 41.8 Å². The number of thiophene rings is 1. The molecule has 156 valence electrons. The van der Waals surface area contributed by atoms with Gasteiger partial charge in [-0.1, -0.05) is 44.2 Å². The lowest BCUT2D eigenvalue weighted by Crippen LogP contribution is -2.47. The van der Waals surface area contributed by atoms with Crippen LogP contribution in [0.25, 0.3) is 10.4 Å². The van der Waals surface area contributed by atoms with Gasteiger partial charge < -0.3 is 10.2 Å². The van der Waals surface area contributed by atoms with Gasteiger partial charge in [0.05, 0.1) is 5.41 Å². The van der Waals surface area contributed by atoms with E-state index in [1.54, 1.807) is 11.3 Å². The number of nitrogens with one attached hydrogen (secondary N) is 1. The summed E-state index contributed by atoms with van der Waals surface area (Å²) in [5.74, 6) is 0.542. The van der Waals surface area contributed by atoms with Crippen molar-refractivity contribution >= 4 is 23.2 Å². The van der Waals surface area contributed by atoms with Crippen LogP contribution >= 0.6 is 11.3 Å². The van der Waals surface area contributed by atoms with E-state index in [0.29, 0.717) is 38.3 Å². The van der Waals surface area contributed by atoms with Crippen LogP contribution in [0, 0.1) is 11.3 Å². The van der Waals surface area contributed by atoms with Gasteiger partial charge in [0.25, 0.3) is 0 Å². The van der Waals surface area contributed by atoms with Crippen molar-refractivity contribution in [1.29, 1.82) is 0 Å². The predicted molar refractivity (Wildman–Crippen MR) is 120 cm³/mol. The summed E-state index contributed by atoms with van der Waals surface area (Å²) in [6.07, 6.45) is 1.88. The molecule has 1 aromatic heterocycles. The van der Waals surface area contributed by atoms with E-state index in [0.717, 1.165) is 0 Å². The Morgan fingerprint density at radius 3 is 2.55 bits per heavy atom. The Hall–Kier alpha value is -2.14. The summed E-state index contributed by atoms with van der Waals surface area (Å²) >= 11 is 1.71. The van der Waals surface area contributed by atoms with Gasteiger partial charge in [0, 0.05) is 30.4 Å². The Balaban J connectivity index is 1.90. The summed E-state index contributed by atoms with van der Waals surface area (Å²) in [6, 6.07) is 12.6. The maximum atomic E-state index is 13.3. The molecule has 2 aromatic rings. The number of carbonyl (C=O) groups is 2. The topological polar surface area (TPSA) is 49.4 Å². The first kappa shape index (κ1) is 21.6. The molecule has 0 spiro atoms. The fraction of sp³-hybridized carbons (Fsp3) is 0.500. The number of carbonyl (C=O) groups excluding carboxylic acids is 2. The Bertz CT molecular complexity index is 844. The molecule has 0 aliphatic carbocycles. The molecule has 1 saturated heterocycles. The summed E-state index contributed by atoms with van der Waals surface area (Å²) in [6.45, 7) is 9.24. The van der Waals surface area contributed by atoms with E-state index in [1.807, 2.05) is 30.9 Å². The highest BCUT2D eigenvalue weighted by Crippen LogP contribution is 2.39. The zero-order valence-electron chi connectivity index (χ0n) is 17.9. The van der Waals surface area contributed by atoms with Crippen LogP contribution < -0.4 is 5.32 Å². The third kappa shape index (κ3) is 5.08. The van der Waals surface area contributed by atoms with Crippen LogP contribution in [0.1, 0.15) is 46.1 Å². The molecule has 1 aromatic carbocycles. The largest absolute Gasteiger partial charge is 0.353 e. The lowest BCUT2D eigenvalue weighted by molar-refractivity contribution is -0.134. The van der Waals surface area contributed by atoms with Crippen molar-refractivity contribution in [1.82, 2.24) is 10.2 Å². The third-order valence-corrected chi connectivity index (χ3v) is 6.43. The maximum absolute atomic E-state index is 13.3. The van der Waals surface area contributed by atoms with Gasteiger partial charge in [-0.25, -0.2) is 0 Å². The standard InChI is InChI=1S/C24H32N2O2S/c1-17(2)14-22(27)26-12-11-24(16-26,23(28)25-18(3)4)15-19-8-5-6-9-20(19)21-10-7-13-29-21/h5-10,13,17-18H,11-12,14-16H2,1-4H3,(H,25,28). The molecule has 1 aliphatic rings. The Morgan fingerprint density at radius 1 is 1.14 bits per heavy atom. The fourth-order valence-electron chi connectivity index (χ4n) is 4.10. The van der Waals surface area contributed by atoms with E-state index >= 15 is 0 Å². The van der Waals surface area contributed by atoms with Gasteiger partial charge in [0.1, 0.15) is 0 Å². The summed E-state index contributed by atoms with van der Waals surface area (Å²) in [7, 11) is 0. The van der Waals surface area contributed by atoms with E-state index in [2.05, 4.69) is 48.8 Å². The lowest BCUT2D eigenvalue weighted by Gasteiger charge is -2.30. The van der Waals surface area contributed by atoms with Gasteiger partial charge in [0.2, 0.25) is 11.8 Å². The molecule has 3 rings (SSSR count). The van der Waals surface area contributed by atoms with Gasteiger partial charge in [-0.05, 0) is 55.2 Å². The van der Waals surface area contributed by atoms with Crippen LogP contribution in [0.3, 0.4) is 0 Å². The number of amides is 2. The number of likely N-dealkylation sites (tertiary alicyclic amines) is 1. The highest BCUT2D eigenvalue weighted by atomic mass is 32.1. The molecule has 4 nitrogen and oxygen atoms in total. The number of nitrogens with zero attached hydrogens (tertiary/aromatic N) is 1. The molecule has 0 radical (unpaired) electrons. The van der Waals surface area contributed by atoms with Gasteiger partial charge in [-0.15, -0.1) is 11.3 Å². The highest BCUT2D eigenvalue weighted by Gasteiger charge is 2.46. The molecule has 2 amide bonds. The monoisotopic (exact) mass is 412 g/mol. The van der Waals surface area contributed by atoms with Gasteiger partial charge in [-0.2, -0.15) is 0 Å². The third-order valence-electron chi connectivity index (χ3n) is 5.52. The molecule has 1 unspecified atom stereocenters. The molecule has 29 heavy (non-hydrogen) atoms. The molecule has 1 N–H and O–H groups in total. The second kappa shape index (κ2) is 9.12. The van der Waals surface area contributed by atoms with Crippen molar-refractivity contribution < 1.29 is 9.59 Å². The Morgan fingerprint density at radius 2 is 1.90 bits per heavy atom. The number of benzene rings is 1. The Labute approximate surface area is 178 Å². The van der Waals surface area contributed by atoms with Gasteiger partial charge >= 0.3 is 0 Å². The number of hydrogen-bond donors (Lipinski definition) is 1. The maximum Gasteiger partial charge on any atom is 0.228 e. The SMILES string of the molecule is CC(C)CC(=O)N1CCC(Cc2ccccc2-c2cccs2)(C(=O)NC(C)C)C1. The summed E-state index contributed by atoms with van der Waals surface area (Å²) in [5.41, 5.74) is 1.78. The second-order valence-corrected chi connectivity index (χ2v) is 9.83. The van der Waals surface area contributed by atoms with Crippen molar-refractivity contribution in [2.75, 3.05) is 13.1 Å². The molecule has 1 atom stereocenters.